The van der Waals surface area contributed by atoms with E-state index in [9.17, 15) is 0 Å². The molecule has 0 spiro atoms. The van der Waals surface area contributed by atoms with Crippen molar-refractivity contribution in [3.63, 3.8) is 0 Å². The average molecular weight is 703 g/mol. The van der Waals surface area contributed by atoms with Crippen LogP contribution in [0.3, 0.4) is 0 Å². The maximum Gasteiger partial charge on any atom is 0.140 e. The second-order valence-electron chi connectivity index (χ2n) is 6.72. The Labute approximate surface area is 245 Å². The third-order valence-electron chi connectivity index (χ3n) is 1.31. The van der Waals surface area contributed by atoms with Gasteiger partial charge in [0.1, 0.15) is 6.79 Å². The SMILES string of the molecule is C.C.C1COC1.CP(C)(=S)S.CP(C)(=S)S.CP(C)(=S)SCO.CP(C)(=S)SCO.OCO. The summed E-state index contributed by atoms with van der Waals surface area (Å²) in [6.45, 7) is 17.2. The molecule has 0 unspecified atom stereocenters. The van der Waals surface area contributed by atoms with Gasteiger partial charge in [-0.05, 0) is 70.2 Å². The molecule has 1 fully saturated rings. The van der Waals surface area contributed by atoms with Crippen molar-refractivity contribution in [1.29, 1.82) is 0 Å². The van der Waals surface area contributed by atoms with Gasteiger partial charge in [0.2, 0.25) is 0 Å². The van der Waals surface area contributed by atoms with Crippen molar-refractivity contribution in [2.24, 2.45) is 0 Å². The smallest absolute Gasteiger partial charge is 0.140 e. The molecule has 212 valence electrons. The van der Waals surface area contributed by atoms with Crippen molar-refractivity contribution < 1.29 is 25.2 Å². The summed E-state index contributed by atoms with van der Waals surface area (Å²) in [5, 5.41) is 26.3. The lowest BCUT2D eigenvalue weighted by molar-refractivity contribution is 0.0367. The topological polar surface area (TPSA) is 90.2 Å². The summed E-state index contributed by atoms with van der Waals surface area (Å²) in [6, 6.07) is 0. The van der Waals surface area contributed by atoms with Crippen LogP contribution in [0.4, 0.5) is 0 Å². The predicted octanol–water partition coefficient (Wildman–Crippen LogP) is 6.40. The molecule has 17 heteroatoms. The summed E-state index contributed by atoms with van der Waals surface area (Å²) >= 11 is 30.6. The number of aliphatic hydroxyl groups excluding tert-OH is 3. The lowest BCUT2D eigenvalue weighted by Crippen LogP contribution is -2.09. The van der Waals surface area contributed by atoms with Crippen LogP contribution in [0.15, 0.2) is 0 Å². The molecule has 0 amide bonds. The molecule has 1 heterocycles. The summed E-state index contributed by atoms with van der Waals surface area (Å²) in [6.07, 6.45) is 1.28. The minimum absolute atomic E-state index is 0. The number of thiol groups is 2. The second kappa shape index (κ2) is 32.0. The Hall–Kier alpha value is 3.80. The van der Waals surface area contributed by atoms with Crippen LogP contribution in [0.1, 0.15) is 21.3 Å². The monoisotopic (exact) mass is 702 g/mol. The predicted molar refractivity (Wildman–Crippen MR) is 190 cm³/mol. The van der Waals surface area contributed by atoms with Gasteiger partial charge in [-0.1, -0.05) is 84.8 Å². The molecule has 0 atom stereocenters. The van der Waals surface area contributed by atoms with Crippen LogP contribution in [0, 0.1) is 0 Å². The fraction of sp³-hybridized carbons (Fsp3) is 1.00. The van der Waals surface area contributed by atoms with Crippen LogP contribution >= 0.6 is 68.2 Å². The highest BCUT2D eigenvalue weighted by molar-refractivity contribution is 8.71. The van der Waals surface area contributed by atoms with Gasteiger partial charge in [0.05, 0.1) is 11.9 Å². The molecule has 0 aromatic carbocycles. The van der Waals surface area contributed by atoms with Crippen molar-refractivity contribution in [3.8, 4) is 0 Å². The first-order valence-corrected chi connectivity index (χ1v) is 28.8. The largest absolute Gasteiger partial charge is 0.385 e. The van der Waals surface area contributed by atoms with Crippen molar-refractivity contribution in [2.45, 2.75) is 21.3 Å². The van der Waals surface area contributed by atoms with E-state index in [0.717, 1.165) is 13.2 Å². The highest BCUT2D eigenvalue weighted by Crippen LogP contribution is 2.51. The second-order valence-corrected chi connectivity index (χ2v) is 44.9. The molecule has 0 aromatic heterocycles. The van der Waals surface area contributed by atoms with Crippen molar-refractivity contribution in [1.82, 2.24) is 0 Å². The molecular weight excluding hydrogens is 653 g/mol. The number of rotatable bonds is 4. The molecule has 0 aromatic rings. The quantitative estimate of drug-likeness (QED) is 0.112. The molecule has 4 N–H and O–H groups in total. The van der Waals surface area contributed by atoms with Crippen LogP contribution in [0.25, 0.3) is 0 Å². The Balaban J connectivity index is -0.0000000495. The van der Waals surface area contributed by atoms with Crippen LogP contribution < -0.4 is 0 Å². The Kier molecular flexibility index (Phi) is 51.5. The fourth-order valence-corrected chi connectivity index (χ4v) is 3.50. The molecule has 1 rings (SSSR count). The van der Waals surface area contributed by atoms with Gasteiger partial charge >= 0.3 is 0 Å². The molecule has 0 saturated carbocycles. The molecule has 5 nitrogen and oxygen atoms in total. The van der Waals surface area contributed by atoms with Gasteiger partial charge in [0.15, 0.2) is 0 Å². The number of hydrogen-bond donors (Lipinski definition) is 6. The molecule has 1 saturated heterocycles. The first-order chi connectivity index (χ1) is 13.5. The third kappa shape index (κ3) is 164. The Morgan fingerprint density at radius 1 is 0.667 bits per heavy atom. The normalized spacial score (nSPS) is 12.1. The van der Waals surface area contributed by atoms with Crippen LogP contribution in [-0.4, -0.2) is 106 Å². The maximum atomic E-state index is 8.33. The minimum atomic E-state index is -1.17. The fourth-order valence-electron chi connectivity index (χ4n) is 0.422. The molecule has 1 aliphatic heterocycles. The highest BCUT2D eigenvalue weighted by Gasteiger charge is 1.98. The molecular formula is C16H50O5P4S8. The van der Waals surface area contributed by atoms with Crippen LogP contribution in [0.2, 0.25) is 0 Å². The molecule has 0 radical (unpaired) electrons. The van der Waals surface area contributed by atoms with Gasteiger partial charge in [-0.25, -0.2) is 0 Å². The van der Waals surface area contributed by atoms with E-state index in [0.29, 0.717) is 0 Å². The van der Waals surface area contributed by atoms with E-state index in [4.69, 9.17) is 72.4 Å². The lowest BCUT2D eigenvalue weighted by atomic mass is 10.4. The number of ether oxygens (including phenoxy) is 1. The van der Waals surface area contributed by atoms with Crippen molar-refractivity contribution in [3.05, 3.63) is 0 Å². The maximum absolute atomic E-state index is 8.33. The van der Waals surface area contributed by atoms with Crippen LogP contribution in [-0.2, 0) is 52.0 Å². The zero-order chi connectivity index (χ0) is 26.4. The summed E-state index contributed by atoms with van der Waals surface area (Å²) < 4.78 is 4.72. The van der Waals surface area contributed by atoms with Crippen molar-refractivity contribution in [2.75, 3.05) is 85.2 Å². The van der Waals surface area contributed by atoms with E-state index in [2.05, 4.69) is 24.5 Å². The molecule has 33 heavy (non-hydrogen) atoms. The molecule has 0 aliphatic carbocycles. The zero-order valence-corrected chi connectivity index (χ0v) is 29.8. The van der Waals surface area contributed by atoms with E-state index in [1.54, 1.807) is 0 Å². The van der Waals surface area contributed by atoms with Crippen molar-refractivity contribution >= 4 is 115 Å². The van der Waals surface area contributed by atoms with E-state index in [-0.39, 0.29) is 26.7 Å². The zero-order valence-electron chi connectivity index (χ0n) is 19.6. The summed E-state index contributed by atoms with van der Waals surface area (Å²) in [5.74, 6) is 0.342. The van der Waals surface area contributed by atoms with Crippen LogP contribution in [0.5, 0.6) is 0 Å². The minimum Gasteiger partial charge on any atom is -0.385 e. The first kappa shape index (κ1) is 53.1. The number of hydrogen-bond acceptors (Lipinski definition) is 11. The van der Waals surface area contributed by atoms with E-state index < -0.39 is 27.8 Å². The van der Waals surface area contributed by atoms with E-state index in [1.165, 1.54) is 29.2 Å². The van der Waals surface area contributed by atoms with Gasteiger partial charge in [-0.15, -0.1) is 24.5 Å². The lowest BCUT2D eigenvalue weighted by Gasteiger charge is -2.09. The Bertz CT molecular complexity index is 493. The van der Waals surface area contributed by atoms with E-state index >= 15 is 0 Å². The van der Waals surface area contributed by atoms with Gasteiger partial charge in [0.25, 0.3) is 0 Å². The summed E-state index contributed by atoms with van der Waals surface area (Å²) in [5.41, 5.74) is 0. The third-order valence-corrected chi connectivity index (χ3v) is 9.11. The Morgan fingerprint density at radius 3 is 0.788 bits per heavy atom. The van der Waals surface area contributed by atoms with Gasteiger partial charge in [-0.2, -0.15) is 0 Å². The molecule has 1 aliphatic rings. The average Bonchev–Trinajstić information content (AvgIpc) is 2.30. The van der Waals surface area contributed by atoms with Gasteiger partial charge < -0.3 is 25.2 Å². The highest BCUT2D eigenvalue weighted by atomic mass is 32.9. The summed E-state index contributed by atoms with van der Waals surface area (Å²) in [7, 11) is 0. The van der Waals surface area contributed by atoms with E-state index in [1.807, 2.05) is 53.3 Å². The first-order valence-electron chi connectivity index (χ1n) is 8.49. The Morgan fingerprint density at radius 2 is 0.788 bits per heavy atom. The molecule has 0 bridgehead atoms. The van der Waals surface area contributed by atoms with Gasteiger partial charge in [0, 0.05) is 23.7 Å². The summed E-state index contributed by atoms with van der Waals surface area (Å²) in [4.78, 5) is 0. The van der Waals surface area contributed by atoms with Gasteiger partial charge in [-0.3, -0.25) is 0 Å². The standard InChI is InChI=1S/2C3H9OPS2.C3H6O.2C2H7PS2.CH4O2.2CH4/c2*1-5(2,6)7-3-4;1-2-4-3-1;2*1-3(2,4)5;2-1-3;;/h2*4H,3H2,1-2H3;1-3H2;2*1-2H3,(H,4,5);2-3H,1H2;2*1H4. The number of aliphatic hydroxyl groups is 4.